The van der Waals surface area contributed by atoms with Gasteiger partial charge in [-0.3, -0.25) is 14.4 Å². The number of carboxylic acids is 1. The zero-order chi connectivity index (χ0) is 28.1. The standard InChI is InChI=1S/C27H36N4O6S/c1-17(32)23(31-24(33)20(28)15-18-9-5-3-6-10-18)26(35)29-21(13-14-38-2)25(34)30-22(27(36)37)16-19-11-7-4-8-12-19/h3-12,17,20-23,32H,13-16,28H2,1-2H3,(H,29,35)(H,30,34)(H,31,33)(H,36,37). The number of hydrogen-bond acceptors (Lipinski definition) is 7. The molecule has 0 aliphatic heterocycles. The van der Waals surface area contributed by atoms with E-state index in [0.29, 0.717) is 5.75 Å². The maximum Gasteiger partial charge on any atom is 0.326 e. The lowest BCUT2D eigenvalue weighted by atomic mass is 10.0. The molecule has 0 saturated carbocycles. The summed E-state index contributed by atoms with van der Waals surface area (Å²) in [5.74, 6) is -2.79. The first kappa shape index (κ1) is 30.8. The van der Waals surface area contributed by atoms with E-state index in [2.05, 4.69) is 16.0 Å². The summed E-state index contributed by atoms with van der Waals surface area (Å²) in [5.41, 5.74) is 7.58. The molecule has 2 aromatic rings. The Morgan fingerprint density at radius 3 is 1.84 bits per heavy atom. The van der Waals surface area contributed by atoms with Gasteiger partial charge in [-0.1, -0.05) is 60.7 Å². The smallest absolute Gasteiger partial charge is 0.326 e. The van der Waals surface area contributed by atoms with Gasteiger partial charge in [-0.25, -0.2) is 4.79 Å². The van der Waals surface area contributed by atoms with E-state index in [9.17, 15) is 29.4 Å². The summed E-state index contributed by atoms with van der Waals surface area (Å²) in [5, 5.41) is 27.4. The SMILES string of the molecule is CSCCC(NC(=O)C(NC(=O)C(N)Cc1ccccc1)C(C)O)C(=O)NC(Cc1ccccc1)C(=O)O. The third-order valence-corrected chi connectivity index (χ3v) is 6.48. The molecule has 0 bridgehead atoms. The Morgan fingerprint density at radius 1 is 0.816 bits per heavy atom. The molecule has 0 aliphatic carbocycles. The first-order chi connectivity index (χ1) is 18.1. The molecule has 2 rings (SSSR count). The topological polar surface area (TPSA) is 171 Å². The van der Waals surface area contributed by atoms with Crippen LogP contribution in [0.4, 0.5) is 0 Å². The summed E-state index contributed by atoms with van der Waals surface area (Å²) in [4.78, 5) is 50.6. The fourth-order valence-corrected chi connectivity index (χ4v) is 4.19. The maximum atomic E-state index is 13.1. The van der Waals surface area contributed by atoms with Crippen LogP contribution in [0.15, 0.2) is 60.7 Å². The number of amides is 3. The molecule has 0 heterocycles. The molecule has 0 saturated heterocycles. The average molecular weight is 545 g/mol. The third kappa shape index (κ3) is 10.2. The molecule has 2 aromatic carbocycles. The summed E-state index contributed by atoms with van der Waals surface area (Å²) < 4.78 is 0. The van der Waals surface area contributed by atoms with Crippen molar-refractivity contribution in [2.75, 3.05) is 12.0 Å². The fraction of sp³-hybridized carbons (Fsp3) is 0.407. The zero-order valence-corrected chi connectivity index (χ0v) is 22.3. The van der Waals surface area contributed by atoms with Gasteiger partial charge in [0.2, 0.25) is 17.7 Å². The molecule has 5 atom stereocenters. The number of carbonyl (C=O) groups excluding carboxylic acids is 3. The lowest BCUT2D eigenvalue weighted by Gasteiger charge is -2.26. The molecule has 38 heavy (non-hydrogen) atoms. The highest BCUT2D eigenvalue weighted by Gasteiger charge is 2.32. The van der Waals surface area contributed by atoms with Crippen LogP contribution in [0.5, 0.6) is 0 Å². The van der Waals surface area contributed by atoms with Gasteiger partial charge in [-0.2, -0.15) is 11.8 Å². The Morgan fingerprint density at radius 2 is 1.34 bits per heavy atom. The Hall–Kier alpha value is -3.41. The molecule has 7 N–H and O–H groups in total. The summed E-state index contributed by atoms with van der Waals surface area (Å²) in [7, 11) is 0. The molecule has 0 fully saturated rings. The highest BCUT2D eigenvalue weighted by molar-refractivity contribution is 7.98. The molecule has 0 radical (unpaired) electrons. The Balaban J connectivity index is 2.08. The number of nitrogens with two attached hydrogens (primary N) is 1. The van der Waals surface area contributed by atoms with Gasteiger partial charge in [0.05, 0.1) is 12.1 Å². The van der Waals surface area contributed by atoms with Gasteiger partial charge < -0.3 is 31.9 Å². The van der Waals surface area contributed by atoms with E-state index in [1.165, 1.54) is 18.7 Å². The van der Waals surface area contributed by atoms with Crippen LogP contribution in [0.3, 0.4) is 0 Å². The minimum Gasteiger partial charge on any atom is -0.480 e. The van der Waals surface area contributed by atoms with Crippen LogP contribution in [0, 0.1) is 0 Å². The Kier molecular flexibility index (Phi) is 12.8. The Bertz CT molecular complexity index is 1050. The molecular weight excluding hydrogens is 508 g/mol. The number of aliphatic hydroxyl groups excluding tert-OH is 1. The van der Waals surface area contributed by atoms with Crippen LogP contribution in [0.2, 0.25) is 0 Å². The lowest BCUT2D eigenvalue weighted by Crippen LogP contribution is -2.60. The normalized spacial score (nSPS) is 14.8. The highest BCUT2D eigenvalue weighted by atomic mass is 32.2. The van der Waals surface area contributed by atoms with Crippen molar-refractivity contribution in [3.8, 4) is 0 Å². The molecule has 0 aromatic heterocycles. The predicted molar refractivity (Wildman–Crippen MR) is 146 cm³/mol. The first-order valence-electron chi connectivity index (χ1n) is 12.3. The maximum absolute atomic E-state index is 13.1. The van der Waals surface area contributed by atoms with Gasteiger partial charge in [-0.05, 0) is 42.9 Å². The molecule has 10 nitrogen and oxygen atoms in total. The van der Waals surface area contributed by atoms with Crippen LogP contribution in [0.1, 0.15) is 24.5 Å². The number of aliphatic carboxylic acids is 1. The number of rotatable bonds is 15. The van der Waals surface area contributed by atoms with Crippen LogP contribution in [0.25, 0.3) is 0 Å². The number of aliphatic hydroxyl groups is 1. The van der Waals surface area contributed by atoms with Crippen molar-refractivity contribution in [2.24, 2.45) is 5.73 Å². The summed E-state index contributed by atoms with van der Waals surface area (Å²) >= 11 is 1.45. The monoisotopic (exact) mass is 544 g/mol. The summed E-state index contributed by atoms with van der Waals surface area (Å²) in [6.45, 7) is 1.34. The number of carbonyl (C=O) groups is 4. The van der Waals surface area contributed by atoms with Crippen molar-refractivity contribution in [1.29, 1.82) is 0 Å². The van der Waals surface area contributed by atoms with Crippen LogP contribution in [-0.4, -0.2) is 76.2 Å². The van der Waals surface area contributed by atoms with Crippen molar-refractivity contribution < 1.29 is 29.4 Å². The largest absolute Gasteiger partial charge is 0.480 e. The van der Waals surface area contributed by atoms with E-state index < -0.39 is 54.0 Å². The van der Waals surface area contributed by atoms with Gasteiger partial charge in [0.15, 0.2) is 0 Å². The van der Waals surface area contributed by atoms with Gasteiger partial charge in [-0.15, -0.1) is 0 Å². The van der Waals surface area contributed by atoms with Crippen molar-refractivity contribution in [3.05, 3.63) is 71.8 Å². The molecule has 206 valence electrons. The van der Waals surface area contributed by atoms with Gasteiger partial charge in [0.25, 0.3) is 0 Å². The predicted octanol–water partition coefficient (Wildman–Crippen LogP) is 0.472. The lowest BCUT2D eigenvalue weighted by molar-refractivity contribution is -0.142. The summed E-state index contributed by atoms with van der Waals surface area (Å²) in [6, 6.07) is 13.4. The van der Waals surface area contributed by atoms with Crippen molar-refractivity contribution >= 4 is 35.5 Å². The third-order valence-electron chi connectivity index (χ3n) is 5.84. The zero-order valence-electron chi connectivity index (χ0n) is 21.5. The number of thioether (sulfide) groups is 1. The number of nitrogens with one attached hydrogen (secondary N) is 3. The number of benzene rings is 2. The summed E-state index contributed by atoms with van der Waals surface area (Å²) in [6.07, 6.45) is 1.06. The van der Waals surface area contributed by atoms with Crippen LogP contribution < -0.4 is 21.7 Å². The van der Waals surface area contributed by atoms with Crippen LogP contribution in [-0.2, 0) is 32.0 Å². The van der Waals surface area contributed by atoms with Crippen LogP contribution >= 0.6 is 11.8 Å². The minimum atomic E-state index is -1.37. The number of carboxylic acid groups (broad SMARTS) is 1. The van der Waals surface area contributed by atoms with Crippen molar-refractivity contribution in [2.45, 2.75) is 56.5 Å². The first-order valence-corrected chi connectivity index (χ1v) is 13.7. The van der Waals surface area contributed by atoms with Gasteiger partial charge >= 0.3 is 5.97 Å². The van der Waals surface area contributed by atoms with Crippen molar-refractivity contribution in [1.82, 2.24) is 16.0 Å². The Labute approximate surface area is 226 Å². The number of hydrogen-bond donors (Lipinski definition) is 6. The van der Waals surface area contributed by atoms with Gasteiger partial charge in [0, 0.05) is 6.42 Å². The highest BCUT2D eigenvalue weighted by Crippen LogP contribution is 2.08. The second kappa shape index (κ2) is 15.8. The molecule has 5 unspecified atom stereocenters. The molecular formula is C27H36N4O6S. The fourth-order valence-electron chi connectivity index (χ4n) is 3.71. The molecule has 3 amide bonds. The quantitative estimate of drug-likeness (QED) is 0.188. The van der Waals surface area contributed by atoms with E-state index in [0.717, 1.165) is 11.1 Å². The minimum absolute atomic E-state index is 0.0662. The molecule has 11 heteroatoms. The van der Waals surface area contributed by atoms with Crippen molar-refractivity contribution in [3.63, 3.8) is 0 Å². The molecule has 0 aliphatic rings. The van der Waals surface area contributed by atoms with E-state index in [-0.39, 0.29) is 19.3 Å². The average Bonchev–Trinajstić information content (AvgIpc) is 2.89. The van der Waals surface area contributed by atoms with Gasteiger partial charge in [0.1, 0.15) is 18.1 Å². The second-order valence-electron chi connectivity index (χ2n) is 8.95. The van der Waals surface area contributed by atoms with E-state index in [4.69, 9.17) is 5.73 Å². The van der Waals surface area contributed by atoms with E-state index >= 15 is 0 Å². The second-order valence-corrected chi connectivity index (χ2v) is 9.94. The van der Waals surface area contributed by atoms with E-state index in [1.807, 2.05) is 36.6 Å². The molecule has 0 spiro atoms. The van der Waals surface area contributed by atoms with E-state index in [1.54, 1.807) is 30.3 Å².